The van der Waals surface area contributed by atoms with Crippen molar-refractivity contribution in [1.82, 2.24) is 5.32 Å². The molecule has 70 valence electrons. The van der Waals surface area contributed by atoms with E-state index in [1.807, 2.05) is 0 Å². The molecule has 0 aromatic carbocycles. The summed E-state index contributed by atoms with van der Waals surface area (Å²) in [6.45, 7) is 1.46. The quantitative estimate of drug-likeness (QED) is 0.431. The summed E-state index contributed by atoms with van der Waals surface area (Å²) >= 11 is 0. The molecule has 0 aromatic heterocycles. The van der Waals surface area contributed by atoms with Gasteiger partial charge in [-0.2, -0.15) is 0 Å². The first-order chi connectivity index (χ1) is 5.84. The summed E-state index contributed by atoms with van der Waals surface area (Å²) in [6, 6.07) is 0. The Bertz CT molecular complexity index is 146. The van der Waals surface area contributed by atoms with Gasteiger partial charge in [-0.15, -0.1) is 0 Å². The van der Waals surface area contributed by atoms with Crippen LogP contribution in [0.5, 0.6) is 0 Å². The minimum Gasteiger partial charge on any atom is -0.368 e. The third-order valence-corrected chi connectivity index (χ3v) is 1.74. The van der Waals surface area contributed by atoms with Gasteiger partial charge in [0.05, 0.1) is 6.61 Å². The summed E-state index contributed by atoms with van der Waals surface area (Å²) in [6.07, 6.45) is 1.52. The van der Waals surface area contributed by atoms with Crippen LogP contribution < -0.4 is 11.2 Å². The zero-order valence-electron chi connectivity index (χ0n) is 6.91. The van der Waals surface area contributed by atoms with Crippen LogP contribution >= 0.6 is 0 Å². The van der Waals surface area contributed by atoms with Crippen LogP contribution in [-0.2, 0) is 14.4 Å². The molecule has 0 aliphatic carbocycles. The lowest BCUT2D eigenvalue weighted by Gasteiger charge is -2.09. The Labute approximate surface area is 71.2 Å². The molecule has 0 bridgehead atoms. The zero-order valence-corrected chi connectivity index (χ0v) is 6.91. The molecule has 1 aliphatic rings. The second-order valence-electron chi connectivity index (χ2n) is 2.66. The maximum absolute atomic E-state index is 11.2. The van der Waals surface area contributed by atoms with Gasteiger partial charge in [0, 0.05) is 13.2 Å². The van der Waals surface area contributed by atoms with E-state index in [0.29, 0.717) is 19.8 Å². The van der Waals surface area contributed by atoms with Gasteiger partial charge in [0.2, 0.25) is 5.91 Å². The highest BCUT2D eigenvalue weighted by Gasteiger charge is 2.22. The number of rotatable bonds is 4. The number of amides is 1. The zero-order chi connectivity index (χ0) is 8.81. The number of hydrogen-bond donors (Lipinski definition) is 2. The van der Waals surface area contributed by atoms with Gasteiger partial charge in [-0.05, 0) is 12.8 Å². The molecule has 3 N–H and O–H groups in total. The van der Waals surface area contributed by atoms with Crippen LogP contribution in [0, 0.1) is 0 Å². The molecule has 1 saturated heterocycles. The monoisotopic (exact) mass is 174 g/mol. The normalized spacial score (nSPS) is 22.6. The summed E-state index contributed by atoms with van der Waals surface area (Å²) < 4.78 is 5.16. The fraction of sp³-hybridized carbons (Fsp3) is 0.857. The van der Waals surface area contributed by atoms with E-state index in [1.165, 1.54) is 0 Å². The Morgan fingerprint density at radius 2 is 2.58 bits per heavy atom. The average molecular weight is 174 g/mol. The van der Waals surface area contributed by atoms with Gasteiger partial charge < -0.3 is 14.9 Å². The highest BCUT2D eigenvalue weighted by atomic mass is 16.6. The van der Waals surface area contributed by atoms with Crippen molar-refractivity contribution < 1.29 is 14.4 Å². The predicted octanol–water partition coefficient (Wildman–Crippen LogP) is -0.828. The summed E-state index contributed by atoms with van der Waals surface area (Å²) in [5.74, 6) is 4.72. The lowest BCUT2D eigenvalue weighted by atomic mass is 10.2. The van der Waals surface area contributed by atoms with Crippen molar-refractivity contribution >= 4 is 5.91 Å². The summed E-state index contributed by atoms with van der Waals surface area (Å²) in [5, 5.41) is 2.66. The SMILES string of the molecule is NOCCNC(=O)C1CCCO1. The molecule has 0 saturated carbocycles. The Kier molecular flexibility index (Phi) is 3.99. The molecule has 12 heavy (non-hydrogen) atoms. The van der Waals surface area contributed by atoms with Crippen LogP contribution in [0.15, 0.2) is 0 Å². The summed E-state index contributed by atoms with van der Waals surface area (Å²) in [5.41, 5.74) is 0. The van der Waals surface area contributed by atoms with Gasteiger partial charge in [-0.1, -0.05) is 0 Å². The van der Waals surface area contributed by atoms with Crippen molar-refractivity contribution in [2.45, 2.75) is 18.9 Å². The number of carbonyl (C=O) groups excluding carboxylic acids is 1. The lowest BCUT2D eigenvalue weighted by Crippen LogP contribution is -2.36. The van der Waals surface area contributed by atoms with Crippen molar-refractivity contribution in [3.63, 3.8) is 0 Å². The summed E-state index contributed by atoms with van der Waals surface area (Å²) in [4.78, 5) is 15.5. The average Bonchev–Trinajstić information content (AvgIpc) is 2.56. The number of nitrogens with two attached hydrogens (primary N) is 1. The molecule has 1 aliphatic heterocycles. The van der Waals surface area contributed by atoms with Crippen molar-refractivity contribution in [2.75, 3.05) is 19.8 Å². The van der Waals surface area contributed by atoms with Crippen LogP contribution in [0.4, 0.5) is 0 Å². The number of hydrogen-bond acceptors (Lipinski definition) is 4. The first kappa shape index (κ1) is 9.44. The van der Waals surface area contributed by atoms with Crippen molar-refractivity contribution in [3.05, 3.63) is 0 Å². The van der Waals surface area contributed by atoms with E-state index in [2.05, 4.69) is 10.2 Å². The van der Waals surface area contributed by atoms with Crippen LogP contribution in [0.3, 0.4) is 0 Å². The fourth-order valence-electron chi connectivity index (χ4n) is 1.13. The van der Waals surface area contributed by atoms with Gasteiger partial charge in [0.25, 0.3) is 0 Å². The molecule has 0 spiro atoms. The highest BCUT2D eigenvalue weighted by Crippen LogP contribution is 2.11. The Balaban J connectivity index is 2.10. The number of carbonyl (C=O) groups is 1. The molecule has 1 fully saturated rings. The van der Waals surface area contributed by atoms with Crippen LogP contribution in [-0.4, -0.2) is 31.8 Å². The third kappa shape index (κ3) is 2.77. The molecular formula is C7H14N2O3. The van der Waals surface area contributed by atoms with Crippen molar-refractivity contribution in [1.29, 1.82) is 0 Å². The first-order valence-electron chi connectivity index (χ1n) is 4.05. The minimum absolute atomic E-state index is 0.0652. The van der Waals surface area contributed by atoms with Crippen molar-refractivity contribution in [2.24, 2.45) is 5.90 Å². The number of nitrogens with one attached hydrogen (secondary N) is 1. The van der Waals surface area contributed by atoms with Gasteiger partial charge >= 0.3 is 0 Å². The Morgan fingerprint density at radius 1 is 1.75 bits per heavy atom. The third-order valence-electron chi connectivity index (χ3n) is 1.74. The molecule has 0 aromatic rings. The molecule has 1 unspecified atom stereocenters. The van der Waals surface area contributed by atoms with E-state index < -0.39 is 0 Å². The van der Waals surface area contributed by atoms with E-state index in [1.54, 1.807) is 0 Å². The van der Waals surface area contributed by atoms with Gasteiger partial charge in [-0.25, -0.2) is 5.90 Å². The Morgan fingerprint density at radius 3 is 3.17 bits per heavy atom. The topological polar surface area (TPSA) is 73.6 Å². The van der Waals surface area contributed by atoms with Gasteiger partial charge in [0.15, 0.2) is 0 Å². The van der Waals surface area contributed by atoms with Crippen LogP contribution in [0.2, 0.25) is 0 Å². The smallest absolute Gasteiger partial charge is 0.249 e. The van der Waals surface area contributed by atoms with E-state index in [0.717, 1.165) is 12.8 Å². The molecule has 1 rings (SSSR count). The van der Waals surface area contributed by atoms with E-state index >= 15 is 0 Å². The van der Waals surface area contributed by atoms with E-state index in [4.69, 9.17) is 10.6 Å². The lowest BCUT2D eigenvalue weighted by molar-refractivity contribution is -0.130. The minimum atomic E-state index is -0.261. The fourth-order valence-corrected chi connectivity index (χ4v) is 1.13. The largest absolute Gasteiger partial charge is 0.368 e. The van der Waals surface area contributed by atoms with Crippen molar-refractivity contribution in [3.8, 4) is 0 Å². The molecular weight excluding hydrogens is 160 g/mol. The van der Waals surface area contributed by atoms with Gasteiger partial charge in [0.1, 0.15) is 6.10 Å². The predicted molar refractivity (Wildman–Crippen MR) is 42.1 cm³/mol. The molecule has 5 nitrogen and oxygen atoms in total. The second-order valence-corrected chi connectivity index (χ2v) is 2.66. The molecule has 5 heteroatoms. The van der Waals surface area contributed by atoms with Crippen LogP contribution in [0.25, 0.3) is 0 Å². The maximum Gasteiger partial charge on any atom is 0.249 e. The molecule has 1 heterocycles. The van der Waals surface area contributed by atoms with E-state index in [9.17, 15) is 4.79 Å². The van der Waals surface area contributed by atoms with Crippen LogP contribution in [0.1, 0.15) is 12.8 Å². The second kappa shape index (κ2) is 5.08. The number of ether oxygens (including phenoxy) is 1. The highest BCUT2D eigenvalue weighted by molar-refractivity contribution is 5.80. The molecule has 0 radical (unpaired) electrons. The Hall–Kier alpha value is -0.650. The first-order valence-corrected chi connectivity index (χ1v) is 4.05. The van der Waals surface area contributed by atoms with E-state index in [-0.39, 0.29) is 12.0 Å². The maximum atomic E-state index is 11.2. The summed E-state index contributed by atoms with van der Waals surface area (Å²) in [7, 11) is 0. The standard InChI is InChI=1S/C7H14N2O3/c8-12-5-3-9-7(10)6-2-1-4-11-6/h6H,1-5,8H2,(H,9,10). The van der Waals surface area contributed by atoms with Gasteiger partial charge in [-0.3, -0.25) is 4.79 Å². The molecule has 1 atom stereocenters. The molecule has 1 amide bonds.